The van der Waals surface area contributed by atoms with Gasteiger partial charge in [0.25, 0.3) is 0 Å². The summed E-state index contributed by atoms with van der Waals surface area (Å²) in [7, 11) is 0. The minimum Gasteiger partial charge on any atom is -0.359 e. The summed E-state index contributed by atoms with van der Waals surface area (Å²) < 4.78 is 5.91. The Morgan fingerprint density at radius 2 is 1.81 bits per heavy atom. The molecule has 0 aromatic heterocycles. The highest BCUT2D eigenvalue weighted by Crippen LogP contribution is 2.26. The SMILES string of the molecule is CC1(C)COC(C)(CCN2CCCCC2)N1. The maximum absolute atomic E-state index is 5.91. The molecule has 16 heavy (non-hydrogen) atoms. The van der Waals surface area contributed by atoms with Crippen molar-refractivity contribution < 1.29 is 4.74 Å². The number of likely N-dealkylation sites (tertiary alicyclic amines) is 1. The molecule has 2 aliphatic heterocycles. The van der Waals surface area contributed by atoms with Crippen molar-refractivity contribution in [1.29, 1.82) is 0 Å². The fourth-order valence-corrected chi connectivity index (χ4v) is 2.82. The zero-order valence-corrected chi connectivity index (χ0v) is 11.0. The van der Waals surface area contributed by atoms with Crippen LogP contribution in [0.4, 0.5) is 0 Å². The highest BCUT2D eigenvalue weighted by Gasteiger charge is 2.39. The number of nitrogens with one attached hydrogen (secondary N) is 1. The second-order valence-electron chi connectivity index (χ2n) is 6.18. The molecule has 0 aromatic carbocycles. The van der Waals surface area contributed by atoms with Crippen molar-refractivity contribution in [3.63, 3.8) is 0 Å². The summed E-state index contributed by atoms with van der Waals surface area (Å²) in [4.78, 5) is 2.57. The fourth-order valence-electron chi connectivity index (χ4n) is 2.82. The maximum atomic E-state index is 5.91. The summed E-state index contributed by atoms with van der Waals surface area (Å²) in [6.45, 7) is 11.1. The molecule has 0 radical (unpaired) electrons. The van der Waals surface area contributed by atoms with E-state index < -0.39 is 0 Å². The van der Waals surface area contributed by atoms with Gasteiger partial charge in [0.05, 0.1) is 6.61 Å². The Bertz CT molecular complexity index is 236. The Morgan fingerprint density at radius 3 is 2.38 bits per heavy atom. The number of hydrogen-bond acceptors (Lipinski definition) is 3. The highest BCUT2D eigenvalue weighted by atomic mass is 16.5. The molecule has 3 heteroatoms. The Kier molecular flexibility index (Phi) is 3.57. The van der Waals surface area contributed by atoms with Crippen LogP contribution < -0.4 is 5.32 Å². The average Bonchev–Trinajstić information content (AvgIpc) is 2.53. The largest absolute Gasteiger partial charge is 0.359 e. The first-order chi connectivity index (χ1) is 7.49. The summed E-state index contributed by atoms with van der Waals surface area (Å²) in [5, 5.41) is 3.60. The van der Waals surface area contributed by atoms with Gasteiger partial charge in [-0.1, -0.05) is 6.42 Å². The van der Waals surface area contributed by atoms with Crippen molar-refractivity contribution in [1.82, 2.24) is 10.2 Å². The lowest BCUT2D eigenvalue weighted by molar-refractivity contribution is -0.00907. The topological polar surface area (TPSA) is 24.5 Å². The minimum absolute atomic E-state index is 0.110. The summed E-state index contributed by atoms with van der Waals surface area (Å²) in [5.41, 5.74) is 0.0254. The molecule has 2 aliphatic rings. The van der Waals surface area contributed by atoms with Crippen LogP contribution >= 0.6 is 0 Å². The smallest absolute Gasteiger partial charge is 0.118 e. The Labute approximate surface area is 99.5 Å². The molecule has 1 atom stereocenters. The van der Waals surface area contributed by atoms with Crippen LogP contribution in [-0.2, 0) is 4.74 Å². The van der Waals surface area contributed by atoms with Crippen LogP contribution in [-0.4, -0.2) is 42.4 Å². The number of piperidine rings is 1. The molecule has 0 saturated carbocycles. The second-order valence-corrected chi connectivity index (χ2v) is 6.18. The lowest BCUT2D eigenvalue weighted by Gasteiger charge is -2.32. The third kappa shape index (κ3) is 3.19. The standard InChI is InChI=1S/C13H26N2O/c1-12(2)11-16-13(3,14-12)7-10-15-8-5-4-6-9-15/h14H,4-11H2,1-3H3. The van der Waals surface area contributed by atoms with Crippen LogP contribution in [0.5, 0.6) is 0 Å². The summed E-state index contributed by atoms with van der Waals surface area (Å²) in [6, 6.07) is 0. The van der Waals surface area contributed by atoms with E-state index in [0.717, 1.165) is 13.0 Å². The molecule has 2 heterocycles. The van der Waals surface area contributed by atoms with Crippen molar-refractivity contribution in [3.05, 3.63) is 0 Å². The van der Waals surface area contributed by atoms with Crippen molar-refractivity contribution in [2.45, 2.75) is 57.7 Å². The van der Waals surface area contributed by atoms with E-state index in [9.17, 15) is 0 Å². The van der Waals surface area contributed by atoms with Crippen LogP contribution in [0.2, 0.25) is 0 Å². The van der Waals surface area contributed by atoms with E-state index in [1.165, 1.54) is 38.9 Å². The van der Waals surface area contributed by atoms with E-state index in [-0.39, 0.29) is 11.3 Å². The van der Waals surface area contributed by atoms with Crippen LogP contribution in [0, 0.1) is 0 Å². The quantitative estimate of drug-likeness (QED) is 0.796. The maximum Gasteiger partial charge on any atom is 0.118 e. The van der Waals surface area contributed by atoms with Gasteiger partial charge in [-0.3, -0.25) is 5.32 Å². The van der Waals surface area contributed by atoms with Gasteiger partial charge in [-0.2, -0.15) is 0 Å². The molecule has 2 fully saturated rings. The van der Waals surface area contributed by atoms with Crippen molar-refractivity contribution >= 4 is 0 Å². The van der Waals surface area contributed by atoms with Gasteiger partial charge in [0.1, 0.15) is 5.72 Å². The molecule has 0 bridgehead atoms. The Morgan fingerprint density at radius 1 is 1.12 bits per heavy atom. The van der Waals surface area contributed by atoms with Gasteiger partial charge in [0, 0.05) is 18.5 Å². The van der Waals surface area contributed by atoms with Crippen LogP contribution in [0.3, 0.4) is 0 Å². The molecular formula is C13H26N2O. The summed E-state index contributed by atoms with van der Waals surface area (Å²) >= 11 is 0. The molecule has 2 rings (SSSR count). The van der Waals surface area contributed by atoms with Crippen molar-refractivity contribution in [3.8, 4) is 0 Å². The van der Waals surface area contributed by atoms with Gasteiger partial charge in [0.2, 0.25) is 0 Å². The first-order valence-corrected chi connectivity index (χ1v) is 6.65. The third-order valence-corrected chi connectivity index (χ3v) is 3.71. The van der Waals surface area contributed by atoms with Gasteiger partial charge in [0.15, 0.2) is 0 Å². The molecule has 0 spiro atoms. The number of ether oxygens (including phenoxy) is 1. The molecule has 1 unspecified atom stereocenters. The lowest BCUT2D eigenvalue weighted by atomic mass is 10.1. The van der Waals surface area contributed by atoms with E-state index in [1.807, 2.05) is 0 Å². The van der Waals surface area contributed by atoms with Crippen molar-refractivity contribution in [2.75, 3.05) is 26.2 Å². The van der Waals surface area contributed by atoms with E-state index in [1.54, 1.807) is 0 Å². The molecule has 2 saturated heterocycles. The van der Waals surface area contributed by atoms with Crippen LogP contribution in [0.1, 0.15) is 46.5 Å². The van der Waals surface area contributed by atoms with Gasteiger partial charge < -0.3 is 9.64 Å². The van der Waals surface area contributed by atoms with Gasteiger partial charge in [-0.15, -0.1) is 0 Å². The monoisotopic (exact) mass is 226 g/mol. The van der Waals surface area contributed by atoms with Crippen molar-refractivity contribution in [2.24, 2.45) is 0 Å². The van der Waals surface area contributed by atoms with Gasteiger partial charge >= 0.3 is 0 Å². The molecular weight excluding hydrogens is 200 g/mol. The summed E-state index contributed by atoms with van der Waals surface area (Å²) in [6.07, 6.45) is 5.25. The summed E-state index contributed by atoms with van der Waals surface area (Å²) in [5.74, 6) is 0. The normalized spacial score (nSPS) is 35.4. The number of rotatable bonds is 3. The third-order valence-electron chi connectivity index (χ3n) is 3.71. The molecule has 0 aromatic rings. The number of hydrogen-bond donors (Lipinski definition) is 1. The molecule has 0 aliphatic carbocycles. The Balaban J connectivity index is 1.76. The highest BCUT2D eigenvalue weighted by molar-refractivity contribution is 4.92. The molecule has 3 nitrogen and oxygen atoms in total. The zero-order valence-electron chi connectivity index (χ0n) is 11.0. The van der Waals surface area contributed by atoms with E-state index in [4.69, 9.17) is 4.74 Å². The Hall–Kier alpha value is -0.120. The van der Waals surface area contributed by atoms with E-state index in [0.29, 0.717) is 0 Å². The fraction of sp³-hybridized carbons (Fsp3) is 1.00. The van der Waals surface area contributed by atoms with Crippen LogP contribution in [0.15, 0.2) is 0 Å². The van der Waals surface area contributed by atoms with Gasteiger partial charge in [-0.05, 0) is 46.7 Å². The molecule has 0 amide bonds. The zero-order chi connectivity index (χ0) is 11.6. The van der Waals surface area contributed by atoms with E-state index >= 15 is 0 Å². The predicted octanol–water partition coefficient (Wildman–Crippen LogP) is 1.98. The average molecular weight is 226 g/mol. The lowest BCUT2D eigenvalue weighted by Crippen LogP contribution is -2.48. The van der Waals surface area contributed by atoms with Gasteiger partial charge in [-0.25, -0.2) is 0 Å². The second kappa shape index (κ2) is 4.63. The van der Waals surface area contributed by atoms with Crippen LogP contribution in [0.25, 0.3) is 0 Å². The number of nitrogens with zero attached hydrogens (tertiary/aromatic N) is 1. The molecule has 94 valence electrons. The minimum atomic E-state index is -0.110. The predicted molar refractivity (Wildman–Crippen MR) is 66.5 cm³/mol. The molecule has 1 N–H and O–H groups in total. The first kappa shape index (κ1) is 12.3. The first-order valence-electron chi connectivity index (χ1n) is 6.65. The van der Waals surface area contributed by atoms with E-state index in [2.05, 4.69) is 31.0 Å².